The van der Waals surface area contributed by atoms with E-state index in [-0.39, 0.29) is 5.75 Å². The maximum absolute atomic E-state index is 12.6. The van der Waals surface area contributed by atoms with Crippen LogP contribution >= 0.6 is 11.3 Å². The lowest BCUT2D eigenvalue weighted by atomic mass is 10.2. The van der Waals surface area contributed by atoms with Crippen LogP contribution in [0.4, 0.5) is 13.2 Å². The van der Waals surface area contributed by atoms with Gasteiger partial charge in [0.15, 0.2) is 6.61 Å². The molecule has 0 saturated heterocycles. The summed E-state index contributed by atoms with van der Waals surface area (Å²) in [5.41, 5.74) is 3.35. The molecule has 1 heterocycles. The van der Waals surface area contributed by atoms with Gasteiger partial charge >= 0.3 is 6.18 Å². The Bertz CT molecular complexity index is 758. The van der Waals surface area contributed by atoms with Gasteiger partial charge in [-0.1, -0.05) is 12.1 Å². The Labute approximate surface area is 145 Å². The summed E-state index contributed by atoms with van der Waals surface area (Å²) in [5, 5.41) is 1.85. The number of alkyl halides is 3. The zero-order valence-electron chi connectivity index (χ0n) is 12.7. The number of amides is 2. The van der Waals surface area contributed by atoms with E-state index in [1.165, 1.54) is 29.5 Å². The second kappa shape index (κ2) is 8.34. The smallest absolute Gasteiger partial charge is 0.416 e. The highest BCUT2D eigenvalue weighted by Crippen LogP contribution is 2.31. The van der Waals surface area contributed by atoms with Crippen LogP contribution in [0.2, 0.25) is 0 Å². The average molecular weight is 370 g/mol. The van der Waals surface area contributed by atoms with E-state index in [0.717, 1.165) is 17.0 Å². The first-order valence-corrected chi connectivity index (χ1v) is 7.83. The Kier molecular flexibility index (Phi) is 6.18. The number of carbonyl (C=O) groups is 2. The van der Waals surface area contributed by atoms with Gasteiger partial charge in [-0.25, -0.2) is 0 Å². The maximum Gasteiger partial charge on any atom is 0.416 e. The van der Waals surface area contributed by atoms with Crippen molar-refractivity contribution in [2.24, 2.45) is 0 Å². The molecule has 0 radical (unpaired) electrons. The van der Waals surface area contributed by atoms with E-state index in [4.69, 9.17) is 4.74 Å². The van der Waals surface area contributed by atoms with Gasteiger partial charge in [0.25, 0.3) is 11.8 Å². The maximum atomic E-state index is 12.6. The minimum absolute atomic E-state index is 0.103. The summed E-state index contributed by atoms with van der Waals surface area (Å²) in [5.74, 6) is -1.37. The first-order valence-electron chi connectivity index (χ1n) is 6.95. The van der Waals surface area contributed by atoms with Crippen LogP contribution in [-0.2, 0) is 15.8 Å². The van der Waals surface area contributed by atoms with Crippen molar-refractivity contribution in [1.29, 1.82) is 0 Å². The molecule has 1 aromatic carbocycles. The number of thiophene rings is 1. The standard InChI is InChI=1S/C16H13F3N2O3S/c17-16(18,19)11-3-1-4-12(9-11)24-10-15(23)21-20-14(22)7-6-13-5-2-8-25-13/h1-9H,10H2,(H,20,22)(H,21,23)/b7-6+. The normalized spacial score (nSPS) is 11.3. The van der Waals surface area contributed by atoms with Crippen LogP contribution in [0.1, 0.15) is 10.4 Å². The predicted octanol–water partition coefficient (Wildman–Crippen LogP) is 3.01. The summed E-state index contributed by atoms with van der Waals surface area (Å²) in [6, 6.07) is 7.80. The Morgan fingerprint density at radius 2 is 1.96 bits per heavy atom. The van der Waals surface area contributed by atoms with E-state index >= 15 is 0 Å². The second-order valence-corrected chi connectivity index (χ2v) is 5.68. The number of hydrogen-bond donors (Lipinski definition) is 2. The second-order valence-electron chi connectivity index (χ2n) is 4.70. The summed E-state index contributed by atoms with van der Waals surface area (Å²) in [4.78, 5) is 23.9. The average Bonchev–Trinajstić information content (AvgIpc) is 3.09. The van der Waals surface area contributed by atoms with Crippen molar-refractivity contribution in [3.63, 3.8) is 0 Å². The van der Waals surface area contributed by atoms with Crippen LogP contribution in [-0.4, -0.2) is 18.4 Å². The molecule has 0 aliphatic rings. The van der Waals surface area contributed by atoms with Crippen LogP contribution in [0.25, 0.3) is 6.08 Å². The molecule has 5 nitrogen and oxygen atoms in total. The number of ether oxygens (including phenoxy) is 1. The minimum atomic E-state index is -4.50. The van der Waals surface area contributed by atoms with Crippen LogP contribution in [0.15, 0.2) is 47.9 Å². The van der Waals surface area contributed by atoms with Gasteiger partial charge in [-0.05, 0) is 35.7 Å². The number of rotatable bonds is 5. The third-order valence-electron chi connectivity index (χ3n) is 2.80. The topological polar surface area (TPSA) is 67.4 Å². The van der Waals surface area contributed by atoms with Gasteiger partial charge in [0, 0.05) is 11.0 Å². The molecule has 132 valence electrons. The molecule has 9 heteroatoms. The van der Waals surface area contributed by atoms with Crippen LogP contribution in [0.3, 0.4) is 0 Å². The van der Waals surface area contributed by atoms with E-state index in [1.54, 1.807) is 6.08 Å². The fourth-order valence-electron chi connectivity index (χ4n) is 1.66. The molecule has 0 atom stereocenters. The number of benzene rings is 1. The molecule has 0 bridgehead atoms. The van der Waals surface area contributed by atoms with Gasteiger partial charge in [0.1, 0.15) is 5.75 Å². The van der Waals surface area contributed by atoms with Crippen molar-refractivity contribution in [3.8, 4) is 5.75 Å². The van der Waals surface area contributed by atoms with Crippen LogP contribution < -0.4 is 15.6 Å². The van der Waals surface area contributed by atoms with E-state index in [1.807, 2.05) is 17.5 Å². The molecule has 1 aromatic heterocycles. The summed E-state index contributed by atoms with van der Waals surface area (Å²) in [6.45, 7) is -0.545. The molecule has 0 aliphatic carbocycles. The van der Waals surface area contributed by atoms with Crippen LogP contribution in [0, 0.1) is 0 Å². The summed E-state index contributed by atoms with van der Waals surface area (Å²) in [6.07, 6.45) is -1.68. The number of hydrazine groups is 1. The van der Waals surface area contributed by atoms with Crippen molar-refractivity contribution in [2.45, 2.75) is 6.18 Å². The largest absolute Gasteiger partial charge is 0.484 e. The van der Waals surface area contributed by atoms with Gasteiger partial charge in [-0.2, -0.15) is 13.2 Å². The van der Waals surface area contributed by atoms with Gasteiger partial charge in [0.05, 0.1) is 5.56 Å². The third kappa shape index (κ3) is 6.30. The first kappa shape index (κ1) is 18.5. The summed E-state index contributed by atoms with van der Waals surface area (Å²) in [7, 11) is 0. The molecule has 0 aliphatic heterocycles. The molecule has 0 unspecified atom stereocenters. The number of nitrogens with one attached hydrogen (secondary N) is 2. The molecule has 2 N–H and O–H groups in total. The lowest BCUT2D eigenvalue weighted by molar-refractivity contribution is -0.137. The summed E-state index contributed by atoms with van der Waals surface area (Å²) >= 11 is 1.44. The quantitative estimate of drug-likeness (QED) is 0.628. The Balaban J connectivity index is 1.76. The monoisotopic (exact) mass is 370 g/mol. The van der Waals surface area contributed by atoms with Gasteiger partial charge in [-0.15, -0.1) is 11.3 Å². The van der Waals surface area contributed by atoms with Gasteiger partial charge < -0.3 is 4.74 Å². The highest BCUT2D eigenvalue weighted by atomic mass is 32.1. The fraction of sp³-hybridized carbons (Fsp3) is 0.125. The van der Waals surface area contributed by atoms with E-state index in [0.29, 0.717) is 0 Å². The molecule has 0 spiro atoms. The predicted molar refractivity (Wildman–Crippen MR) is 86.6 cm³/mol. The van der Waals surface area contributed by atoms with E-state index in [9.17, 15) is 22.8 Å². The highest BCUT2D eigenvalue weighted by Gasteiger charge is 2.30. The Morgan fingerprint density at radius 3 is 2.64 bits per heavy atom. The minimum Gasteiger partial charge on any atom is -0.484 e. The van der Waals surface area contributed by atoms with E-state index < -0.39 is 30.2 Å². The Hall–Kier alpha value is -2.81. The molecule has 25 heavy (non-hydrogen) atoms. The van der Waals surface area contributed by atoms with Gasteiger partial charge in [0.2, 0.25) is 0 Å². The van der Waals surface area contributed by atoms with Crippen molar-refractivity contribution < 1.29 is 27.5 Å². The van der Waals surface area contributed by atoms with Crippen molar-refractivity contribution in [2.75, 3.05) is 6.61 Å². The lowest BCUT2D eigenvalue weighted by Gasteiger charge is -2.10. The van der Waals surface area contributed by atoms with E-state index in [2.05, 4.69) is 10.9 Å². The molecular formula is C16H13F3N2O3S. The molecule has 2 amide bonds. The van der Waals surface area contributed by atoms with Crippen molar-refractivity contribution in [1.82, 2.24) is 10.9 Å². The van der Waals surface area contributed by atoms with Crippen molar-refractivity contribution >= 4 is 29.2 Å². The Morgan fingerprint density at radius 1 is 1.16 bits per heavy atom. The molecule has 2 rings (SSSR count). The summed E-state index contributed by atoms with van der Waals surface area (Å²) < 4.78 is 42.7. The van der Waals surface area contributed by atoms with Crippen molar-refractivity contribution in [3.05, 3.63) is 58.3 Å². The zero-order valence-corrected chi connectivity index (χ0v) is 13.5. The molecular weight excluding hydrogens is 357 g/mol. The molecule has 2 aromatic rings. The SMILES string of the molecule is O=C(/C=C/c1cccs1)NNC(=O)COc1cccc(C(F)(F)F)c1. The fourth-order valence-corrected chi connectivity index (χ4v) is 2.28. The first-order chi connectivity index (χ1) is 11.8. The number of halogens is 3. The third-order valence-corrected chi connectivity index (χ3v) is 3.64. The lowest BCUT2D eigenvalue weighted by Crippen LogP contribution is -2.43. The van der Waals surface area contributed by atoms with Gasteiger partial charge in [-0.3, -0.25) is 20.4 Å². The zero-order chi connectivity index (χ0) is 18.3. The number of hydrogen-bond acceptors (Lipinski definition) is 4. The number of carbonyl (C=O) groups excluding carboxylic acids is 2. The van der Waals surface area contributed by atoms with Crippen LogP contribution in [0.5, 0.6) is 5.75 Å². The highest BCUT2D eigenvalue weighted by molar-refractivity contribution is 7.10. The molecule has 0 saturated carbocycles. The molecule has 0 fully saturated rings.